The molecule has 1 aromatic heterocycles. The highest BCUT2D eigenvalue weighted by Gasteiger charge is 2.55. The quantitative estimate of drug-likeness (QED) is 0.878. The number of hydrogen-bond acceptors (Lipinski definition) is 4. The predicted molar refractivity (Wildman–Crippen MR) is 65.3 cm³/mol. The van der Waals surface area contributed by atoms with Crippen molar-refractivity contribution < 1.29 is 8.42 Å². The first-order valence-electron chi connectivity index (χ1n) is 6.50. The summed E-state index contributed by atoms with van der Waals surface area (Å²) in [5, 5.41) is 13.0. The maximum Gasteiger partial charge on any atom is 0.273 e. The summed E-state index contributed by atoms with van der Waals surface area (Å²) in [6.45, 7) is 2.62. The van der Waals surface area contributed by atoms with E-state index in [4.69, 9.17) is 5.14 Å². The average Bonchev–Trinajstić information content (AvgIpc) is 2.69. The van der Waals surface area contributed by atoms with Crippen LogP contribution in [0.15, 0.2) is 5.16 Å². The monoisotopic (exact) mass is 270 g/mol. The topological polar surface area (TPSA) is 90.9 Å². The van der Waals surface area contributed by atoms with Gasteiger partial charge in [0.1, 0.15) is 5.82 Å². The van der Waals surface area contributed by atoms with E-state index in [0.717, 1.165) is 12.2 Å². The van der Waals surface area contributed by atoms with Crippen LogP contribution < -0.4 is 5.14 Å². The lowest BCUT2D eigenvalue weighted by molar-refractivity contribution is 0.536. The summed E-state index contributed by atoms with van der Waals surface area (Å²) in [6.07, 6.45) is 4.60. The molecule has 100 valence electrons. The Balaban J connectivity index is 1.98. The molecule has 0 aliphatic heterocycles. The molecule has 0 radical (unpaired) electrons. The van der Waals surface area contributed by atoms with E-state index < -0.39 is 10.0 Å². The van der Waals surface area contributed by atoms with Gasteiger partial charge in [-0.1, -0.05) is 13.3 Å². The van der Waals surface area contributed by atoms with Gasteiger partial charge >= 0.3 is 0 Å². The summed E-state index contributed by atoms with van der Waals surface area (Å²) in [5.74, 6) is 2.63. The molecule has 0 aromatic carbocycles. The molecule has 2 aliphatic rings. The Morgan fingerprint density at radius 3 is 2.56 bits per heavy atom. The van der Waals surface area contributed by atoms with Crippen LogP contribution in [-0.2, 0) is 16.6 Å². The van der Waals surface area contributed by atoms with Crippen molar-refractivity contribution in [3.63, 3.8) is 0 Å². The Morgan fingerprint density at radius 2 is 2.00 bits per heavy atom. The number of nitrogens with zero attached hydrogens (tertiary/aromatic N) is 3. The van der Waals surface area contributed by atoms with Crippen LogP contribution in [-0.4, -0.2) is 23.2 Å². The molecular formula is C11H18N4O2S. The van der Waals surface area contributed by atoms with Crippen molar-refractivity contribution in [3.8, 4) is 0 Å². The molecule has 0 saturated heterocycles. The number of hydrogen-bond donors (Lipinski definition) is 1. The zero-order valence-corrected chi connectivity index (χ0v) is 11.2. The van der Waals surface area contributed by atoms with Crippen molar-refractivity contribution in [2.75, 3.05) is 0 Å². The molecule has 1 aromatic rings. The van der Waals surface area contributed by atoms with Gasteiger partial charge in [-0.25, -0.2) is 13.6 Å². The van der Waals surface area contributed by atoms with Gasteiger partial charge in [0.05, 0.1) is 0 Å². The van der Waals surface area contributed by atoms with E-state index in [0.29, 0.717) is 24.3 Å². The summed E-state index contributed by atoms with van der Waals surface area (Å²) in [4.78, 5) is 0. The summed E-state index contributed by atoms with van der Waals surface area (Å²) in [6, 6.07) is 0. The van der Waals surface area contributed by atoms with Crippen molar-refractivity contribution in [2.45, 2.75) is 50.2 Å². The lowest BCUT2D eigenvalue weighted by Gasteiger charge is -2.08. The molecule has 0 spiro atoms. The van der Waals surface area contributed by atoms with Crippen LogP contribution in [0.4, 0.5) is 0 Å². The zero-order chi connectivity index (χ0) is 12.9. The van der Waals surface area contributed by atoms with Gasteiger partial charge in [-0.2, -0.15) is 0 Å². The standard InChI is InChI=1S/C11H18N4O2S/c1-2-6-15-10(9-7-4-3-5-8(7)9)13-14-11(15)18(12,16)17/h7-9H,2-6H2,1H3,(H2,12,16,17). The molecule has 2 saturated carbocycles. The fraction of sp³-hybridized carbons (Fsp3) is 0.818. The molecule has 2 fully saturated rings. The van der Waals surface area contributed by atoms with Crippen LogP contribution in [0.5, 0.6) is 0 Å². The highest BCUT2D eigenvalue weighted by atomic mass is 32.2. The Labute approximate surface area is 107 Å². The molecule has 2 unspecified atom stereocenters. The van der Waals surface area contributed by atoms with Crippen LogP contribution in [0, 0.1) is 11.8 Å². The van der Waals surface area contributed by atoms with E-state index in [9.17, 15) is 8.42 Å². The first-order valence-corrected chi connectivity index (χ1v) is 8.04. The van der Waals surface area contributed by atoms with Gasteiger partial charge < -0.3 is 4.57 Å². The Morgan fingerprint density at radius 1 is 1.33 bits per heavy atom. The molecule has 0 amide bonds. The van der Waals surface area contributed by atoms with Gasteiger partial charge in [0.15, 0.2) is 0 Å². The largest absolute Gasteiger partial charge is 0.301 e. The van der Waals surface area contributed by atoms with Gasteiger partial charge in [-0.05, 0) is 31.1 Å². The van der Waals surface area contributed by atoms with Crippen LogP contribution in [0.25, 0.3) is 0 Å². The summed E-state index contributed by atoms with van der Waals surface area (Å²) >= 11 is 0. The molecule has 3 rings (SSSR count). The van der Waals surface area contributed by atoms with Crippen molar-refractivity contribution in [3.05, 3.63) is 5.82 Å². The van der Waals surface area contributed by atoms with Gasteiger partial charge in [0, 0.05) is 12.5 Å². The van der Waals surface area contributed by atoms with Crippen LogP contribution >= 0.6 is 0 Å². The third kappa shape index (κ3) is 1.76. The molecule has 2 aliphatic carbocycles. The number of sulfonamides is 1. The van der Waals surface area contributed by atoms with Crippen molar-refractivity contribution in [1.29, 1.82) is 0 Å². The van der Waals surface area contributed by atoms with E-state index in [1.165, 1.54) is 19.3 Å². The second-order valence-electron chi connectivity index (χ2n) is 5.32. The van der Waals surface area contributed by atoms with E-state index in [2.05, 4.69) is 10.2 Å². The van der Waals surface area contributed by atoms with E-state index in [-0.39, 0.29) is 5.16 Å². The van der Waals surface area contributed by atoms with Gasteiger partial charge in [0.25, 0.3) is 15.2 Å². The van der Waals surface area contributed by atoms with Crippen molar-refractivity contribution in [2.24, 2.45) is 17.0 Å². The van der Waals surface area contributed by atoms with Crippen LogP contribution in [0.3, 0.4) is 0 Å². The second kappa shape index (κ2) is 4.03. The van der Waals surface area contributed by atoms with E-state index in [1.54, 1.807) is 4.57 Å². The third-order valence-corrected chi connectivity index (χ3v) is 4.96. The minimum absolute atomic E-state index is 0.0793. The number of fused-ring (bicyclic) bond motifs is 1. The van der Waals surface area contributed by atoms with E-state index >= 15 is 0 Å². The number of nitrogens with two attached hydrogens (primary N) is 1. The van der Waals surface area contributed by atoms with Crippen molar-refractivity contribution >= 4 is 10.0 Å². The third-order valence-electron chi connectivity index (χ3n) is 4.15. The summed E-state index contributed by atoms with van der Waals surface area (Å²) < 4.78 is 24.7. The van der Waals surface area contributed by atoms with Crippen LogP contribution in [0.1, 0.15) is 44.3 Å². The highest BCUT2D eigenvalue weighted by molar-refractivity contribution is 7.89. The number of aromatic nitrogens is 3. The fourth-order valence-corrected chi connectivity index (χ4v) is 4.04. The smallest absolute Gasteiger partial charge is 0.273 e. The second-order valence-corrected chi connectivity index (χ2v) is 6.78. The highest BCUT2D eigenvalue weighted by Crippen LogP contribution is 2.62. The fourth-order valence-electron chi connectivity index (χ4n) is 3.40. The lowest BCUT2D eigenvalue weighted by atomic mass is 10.1. The maximum absolute atomic E-state index is 11.5. The molecule has 7 heteroatoms. The zero-order valence-electron chi connectivity index (χ0n) is 10.4. The minimum atomic E-state index is -3.77. The maximum atomic E-state index is 11.5. The minimum Gasteiger partial charge on any atom is -0.301 e. The molecule has 18 heavy (non-hydrogen) atoms. The van der Waals surface area contributed by atoms with Crippen LogP contribution in [0.2, 0.25) is 0 Å². The number of primary sulfonamides is 1. The first kappa shape index (κ1) is 12.1. The first-order chi connectivity index (χ1) is 8.54. The molecular weight excluding hydrogens is 252 g/mol. The van der Waals surface area contributed by atoms with Crippen molar-refractivity contribution in [1.82, 2.24) is 14.8 Å². The molecule has 1 heterocycles. The molecule has 0 bridgehead atoms. The van der Waals surface area contributed by atoms with Gasteiger partial charge in [-0.3, -0.25) is 0 Å². The van der Waals surface area contributed by atoms with Gasteiger partial charge in [-0.15, -0.1) is 10.2 Å². The summed E-state index contributed by atoms with van der Waals surface area (Å²) in [5.41, 5.74) is 0. The molecule has 6 nitrogen and oxygen atoms in total. The lowest BCUT2D eigenvalue weighted by Crippen LogP contribution is -2.19. The molecule has 2 N–H and O–H groups in total. The number of rotatable bonds is 4. The molecule has 2 atom stereocenters. The predicted octanol–water partition coefficient (Wildman–Crippen LogP) is 0.849. The normalized spacial score (nSPS) is 30.4. The Kier molecular flexibility index (Phi) is 2.71. The Hall–Kier alpha value is -0.950. The van der Waals surface area contributed by atoms with E-state index in [1.807, 2.05) is 6.92 Å². The average molecular weight is 270 g/mol. The Bertz CT molecular complexity index is 556. The SMILES string of the molecule is CCCn1c(C2C3CCCC32)nnc1S(N)(=O)=O. The summed E-state index contributed by atoms with van der Waals surface area (Å²) in [7, 11) is -3.77. The van der Waals surface area contributed by atoms with Gasteiger partial charge in [0.2, 0.25) is 0 Å².